The fourth-order valence-electron chi connectivity index (χ4n) is 2.63. The highest BCUT2D eigenvalue weighted by Gasteiger charge is 2.36. The van der Waals surface area contributed by atoms with E-state index in [1.54, 1.807) is 18.2 Å². The van der Waals surface area contributed by atoms with Crippen LogP contribution in [0, 0.1) is 10.1 Å². The topological polar surface area (TPSA) is 107 Å². The first-order valence-electron chi connectivity index (χ1n) is 8.74. The van der Waals surface area contributed by atoms with Gasteiger partial charge in [0.1, 0.15) is 10.8 Å². The summed E-state index contributed by atoms with van der Waals surface area (Å²) in [5.74, 6) is -1.70. The number of para-hydroxylation sites is 1. The molecule has 1 atom stereocenters. The summed E-state index contributed by atoms with van der Waals surface area (Å²) in [6.45, 7) is 1.48. The summed E-state index contributed by atoms with van der Waals surface area (Å²) < 4.78 is 44.6. The van der Waals surface area contributed by atoms with Crippen molar-refractivity contribution in [3.63, 3.8) is 0 Å². The number of carbonyl (C=O) groups is 1. The molecule has 2 aromatic carbocycles. The van der Waals surface area contributed by atoms with Crippen molar-refractivity contribution in [3.05, 3.63) is 58.4 Å². The molecule has 162 valence electrons. The van der Waals surface area contributed by atoms with Crippen LogP contribution in [0.1, 0.15) is 12.7 Å². The number of anilines is 1. The zero-order chi connectivity index (χ0) is 22.8. The van der Waals surface area contributed by atoms with Crippen LogP contribution in [0.4, 0.5) is 24.5 Å². The van der Waals surface area contributed by atoms with Gasteiger partial charge in [0.25, 0.3) is 5.69 Å². The lowest BCUT2D eigenvalue weighted by atomic mass is 10.2. The largest absolute Gasteiger partial charge is 0.495 e. The number of fused-ring (bicyclic) bond motifs is 1. The normalized spacial score (nSPS) is 12.4. The number of nitro benzene ring substituents is 1. The second-order valence-electron chi connectivity index (χ2n) is 6.26. The van der Waals surface area contributed by atoms with Crippen LogP contribution in [0.25, 0.3) is 10.9 Å². The minimum atomic E-state index is -4.75. The number of thioether (sulfide) groups is 1. The minimum absolute atomic E-state index is 0.00779. The second-order valence-corrected chi connectivity index (χ2v) is 7.59. The smallest absolute Gasteiger partial charge is 0.451 e. The molecule has 1 amide bonds. The highest BCUT2D eigenvalue weighted by atomic mass is 32.2. The Labute approximate surface area is 178 Å². The zero-order valence-corrected chi connectivity index (χ0v) is 17.0. The van der Waals surface area contributed by atoms with Crippen molar-refractivity contribution in [1.29, 1.82) is 0 Å². The number of hydrogen-bond donors (Lipinski definition) is 1. The van der Waals surface area contributed by atoms with Crippen LogP contribution in [0.15, 0.2) is 47.5 Å². The van der Waals surface area contributed by atoms with Crippen molar-refractivity contribution in [1.82, 2.24) is 9.97 Å². The Morgan fingerprint density at radius 3 is 2.58 bits per heavy atom. The fraction of sp³-hybridized carbons (Fsp3) is 0.211. The Kier molecular flexibility index (Phi) is 6.29. The average Bonchev–Trinajstić information content (AvgIpc) is 2.72. The fourth-order valence-corrected chi connectivity index (χ4v) is 3.57. The molecule has 0 bridgehead atoms. The maximum atomic E-state index is 13.2. The number of halogens is 3. The number of nitrogens with one attached hydrogen (secondary N) is 1. The first kappa shape index (κ1) is 22.3. The van der Waals surface area contributed by atoms with E-state index in [0.717, 1.165) is 17.8 Å². The van der Waals surface area contributed by atoms with Crippen LogP contribution < -0.4 is 10.1 Å². The molecule has 12 heteroatoms. The summed E-state index contributed by atoms with van der Waals surface area (Å²) >= 11 is 0.817. The molecule has 0 saturated carbocycles. The molecular weight excluding hydrogens is 437 g/mol. The first-order chi connectivity index (χ1) is 14.6. The van der Waals surface area contributed by atoms with Gasteiger partial charge in [-0.25, -0.2) is 9.97 Å². The van der Waals surface area contributed by atoms with Gasteiger partial charge in [0.2, 0.25) is 11.7 Å². The lowest BCUT2D eigenvalue weighted by Crippen LogP contribution is -2.23. The summed E-state index contributed by atoms with van der Waals surface area (Å²) in [6.07, 6.45) is -4.75. The number of non-ortho nitro benzene ring substituents is 1. The summed E-state index contributed by atoms with van der Waals surface area (Å²) in [7, 11) is 1.33. The van der Waals surface area contributed by atoms with Crippen LogP contribution >= 0.6 is 11.8 Å². The Morgan fingerprint density at radius 2 is 1.94 bits per heavy atom. The highest BCUT2D eigenvalue weighted by Crippen LogP contribution is 2.35. The number of hydrogen-bond acceptors (Lipinski definition) is 7. The highest BCUT2D eigenvalue weighted by molar-refractivity contribution is 8.00. The molecule has 0 fully saturated rings. The van der Waals surface area contributed by atoms with Crippen molar-refractivity contribution in [3.8, 4) is 5.75 Å². The monoisotopic (exact) mass is 452 g/mol. The van der Waals surface area contributed by atoms with Crippen molar-refractivity contribution in [2.45, 2.75) is 23.4 Å². The van der Waals surface area contributed by atoms with E-state index in [1.165, 1.54) is 32.2 Å². The van der Waals surface area contributed by atoms with Crippen molar-refractivity contribution < 1.29 is 27.6 Å². The van der Waals surface area contributed by atoms with Crippen LogP contribution in [-0.2, 0) is 11.0 Å². The third-order valence-electron chi connectivity index (χ3n) is 4.13. The number of methoxy groups -OCH3 is 1. The van der Waals surface area contributed by atoms with E-state index >= 15 is 0 Å². The number of carbonyl (C=O) groups excluding carboxylic acids is 1. The number of ether oxygens (including phenoxy) is 1. The molecule has 31 heavy (non-hydrogen) atoms. The van der Waals surface area contributed by atoms with Gasteiger partial charge in [-0.15, -0.1) is 0 Å². The molecule has 1 aromatic heterocycles. The number of alkyl halides is 3. The molecule has 0 aliphatic carbocycles. The lowest BCUT2D eigenvalue weighted by Gasteiger charge is -2.15. The van der Waals surface area contributed by atoms with Gasteiger partial charge in [0, 0.05) is 17.5 Å². The second kappa shape index (κ2) is 8.76. The number of aromatic nitrogens is 2. The molecule has 1 heterocycles. The van der Waals surface area contributed by atoms with Crippen molar-refractivity contribution >= 4 is 39.9 Å². The van der Waals surface area contributed by atoms with Gasteiger partial charge in [-0.05, 0) is 19.1 Å². The van der Waals surface area contributed by atoms with E-state index in [1.807, 2.05) is 0 Å². The van der Waals surface area contributed by atoms with Crippen molar-refractivity contribution in [2.75, 3.05) is 12.4 Å². The lowest BCUT2D eigenvalue weighted by molar-refractivity contribution is -0.384. The molecule has 0 spiro atoms. The number of nitro groups is 1. The Hall–Kier alpha value is -3.41. The predicted octanol–water partition coefficient (Wildman–Crippen LogP) is 4.68. The van der Waals surface area contributed by atoms with E-state index in [2.05, 4.69) is 15.3 Å². The number of amides is 1. The van der Waals surface area contributed by atoms with Gasteiger partial charge in [0.05, 0.1) is 28.5 Å². The first-order valence-corrected chi connectivity index (χ1v) is 9.62. The van der Waals surface area contributed by atoms with E-state index in [4.69, 9.17) is 4.74 Å². The molecular formula is C19H15F3N4O4S. The maximum absolute atomic E-state index is 13.2. The Bertz CT molecular complexity index is 1160. The van der Waals surface area contributed by atoms with Gasteiger partial charge < -0.3 is 10.1 Å². The van der Waals surface area contributed by atoms with E-state index in [-0.39, 0.29) is 27.7 Å². The summed E-state index contributed by atoms with van der Waals surface area (Å²) in [5.41, 5.74) is -0.0917. The maximum Gasteiger partial charge on any atom is 0.451 e. The Morgan fingerprint density at radius 1 is 1.23 bits per heavy atom. The average molecular weight is 452 g/mol. The molecule has 0 radical (unpaired) electrons. The Balaban J connectivity index is 1.89. The van der Waals surface area contributed by atoms with Crippen LogP contribution in [0.2, 0.25) is 0 Å². The number of rotatable bonds is 6. The zero-order valence-electron chi connectivity index (χ0n) is 16.1. The molecule has 8 nitrogen and oxygen atoms in total. The van der Waals surface area contributed by atoms with E-state index < -0.39 is 28.1 Å². The van der Waals surface area contributed by atoms with E-state index in [0.29, 0.717) is 5.39 Å². The quantitative estimate of drug-likeness (QED) is 0.250. The summed E-state index contributed by atoms with van der Waals surface area (Å²) in [5, 5.41) is 13.0. The van der Waals surface area contributed by atoms with Gasteiger partial charge >= 0.3 is 6.18 Å². The van der Waals surface area contributed by atoms with Gasteiger partial charge in [0.15, 0.2) is 0 Å². The van der Waals surface area contributed by atoms with Crippen molar-refractivity contribution in [2.24, 2.45) is 0 Å². The standard InChI is InChI=1S/C19H15F3N4O4S/c1-10(16(27)23-14-9-11(26(28)29)7-8-15(14)30-2)31-17-12-5-3-4-6-13(12)24-18(25-17)19(20,21)22/h3-10H,1-2H3,(H,23,27). The molecule has 0 saturated heterocycles. The molecule has 3 aromatic rings. The summed E-state index contributed by atoms with van der Waals surface area (Å²) in [6, 6.07) is 9.85. The predicted molar refractivity (Wildman–Crippen MR) is 108 cm³/mol. The molecule has 0 aliphatic rings. The number of benzene rings is 2. The van der Waals surface area contributed by atoms with Crippen LogP contribution in [0.5, 0.6) is 5.75 Å². The van der Waals surface area contributed by atoms with E-state index in [9.17, 15) is 28.1 Å². The van der Waals surface area contributed by atoms with Crippen LogP contribution in [-0.4, -0.2) is 33.2 Å². The van der Waals surface area contributed by atoms with Gasteiger partial charge in [-0.2, -0.15) is 13.2 Å². The van der Waals surface area contributed by atoms with Crippen LogP contribution in [0.3, 0.4) is 0 Å². The third-order valence-corrected chi connectivity index (χ3v) is 5.23. The summed E-state index contributed by atoms with van der Waals surface area (Å²) in [4.78, 5) is 30.2. The van der Waals surface area contributed by atoms with Gasteiger partial charge in [-0.3, -0.25) is 14.9 Å². The molecule has 1 unspecified atom stereocenters. The molecule has 1 N–H and O–H groups in total. The third kappa shape index (κ3) is 5.02. The van der Waals surface area contributed by atoms with Gasteiger partial charge in [-0.1, -0.05) is 30.0 Å². The molecule has 3 rings (SSSR count). The molecule has 0 aliphatic heterocycles. The number of nitrogens with zero attached hydrogens (tertiary/aromatic N) is 3. The SMILES string of the molecule is COc1ccc([N+](=O)[O-])cc1NC(=O)C(C)Sc1nc(C(F)(F)F)nc2ccccc12. The minimum Gasteiger partial charge on any atom is -0.495 e.